The van der Waals surface area contributed by atoms with Crippen LogP contribution >= 0.6 is 15.9 Å². The van der Waals surface area contributed by atoms with Crippen molar-refractivity contribution in [1.82, 2.24) is 5.32 Å². The summed E-state index contributed by atoms with van der Waals surface area (Å²) in [7, 11) is 0. The number of aliphatic hydroxyl groups is 1. The molecule has 4 saturated carbocycles. The SMILES string of the molecule is CC(C)(C)OC(=O)NC12CCC(CN(C(=O)C3CC(O)(C(F)(F)F)C3)c3cccc(Br)c3)(CC1)CC2. The second-order valence-electron chi connectivity index (χ2n) is 11.9. The molecular weight excluding hydrogens is 541 g/mol. The molecule has 4 fully saturated rings. The molecule has 1 aromatic rings. The van der Waals surface area contributed by atoms with Gasteiger partial charge in [-0.05, 0) is 95.8 Å². The molecule has 10 heteroatoms. The number of hydrogen-bond donors (Lipinski definition) is 2. The maximum absolute atomic E-state index is 13.5. The lowest BCUT2D eigenvalue weighted by molar-refractivity contribution is -0.295. The van der Waals surface area contributed by atoms with E-state index in [1.54, 1.807) is 23.1 Å². The number of alkyl halides is 3. The van der Waals surface area contributed by atoms with Crippen molar-refractivity contribution in [3.8, 4) is 0 Å². The number of alkyl carbamates (subject to hydrolysis) is 1. The summed E-state index contributed by atoms with van der Waals surface area (Å²) >= 11 is 3.43. The van der Waals surface area contributed by atoms with Gasteiger partial charge in [0, 0.05) is 28.2 Å². The maximum atomic E-state index is 13.5. The molecule has 0 heterocycles. The van der Waals surface area contributed by atoms with Crippen molar-refractivity contribution in [2.75, 3.05) is 11.4 Å². The molecule has 0 unspecified atom stereocenters. The summed E-state index contributed by atoms with van der Waals surface area (Å²) in [5.74, 6) is -1.27. The number of ether oxygens (including phenoxy) is 1. The Morgan fingerprint density at radius 1 is 1.11 bits per heavy atom. The molecule has 1 aromatic carbocycles. The van der Waals surface area contributed by atoms with Crippen LogP contribution in [0.25, 0.3) is 0 Å². The van der Waals surface area contributed by atoms with Crippen LogP contribution in [0, 0.1) is 11.3 Å². The summed E-state index contributed by atoms with van der Waals surface area (Å²) < 4.78 is 45.8. The number of halogens is 4. The van der Waals surface area contributed by atoms with Gasteiger partial charge in [0.15, 0.2) is 5.60 Å². The average molecular weight is 575 g/mol. The Kier molecular flexibility index (Phi) is 6.95. The molecule has 5 rings (SSSR count). The fourth-order valence-electron chi connectivity index (χ4n) is 5.87. The van der Waals surface area contributed by atoms with E-state index in [4.69, 9.17) is 4.74 Å². The normalized spacial score (nSPS) is 31.9. The van der Waals surface area contributed by atoms with E-state index in [1.165, 1.54) is 0 Å². The zero-order chi connectivity index (χ0) is 26.6. The molecule has 0 radical (unpaired) electrons. The summed E-state index contributed by atoms with van der Waals surface area (Å²) in [6.07, 6.45) is -1.78. The second-order valence-corrected chi connectivity index (χ2v) is 12.9. The standard InChI is InChI=1S/C26H34BrF3N2O4/c1-22(2,3)36-21(34)31-24-10-7-23(8-11-24,9-12-24)16-32(19-6-4-5-18(27)13-19)20(33)17-14-25(35,15-17)26(28,29)30/h4-6,13,17,35H,7-12,14-16H2,1-3H3,(H,31,34). The first-order chi connectivity index (χ1) is 16.5. The Morgan fingerprint density at radius 3 is 2.19 bits per heavy atom. The molecule has 4 aliphatic rings. The lowest BCUT2D eigenvalue weighted by Crippen LogP contribution is -2.61. The number of carbonyl (C=O) groups is 2. The Balaban J connectivity index is 1.48. The largest absolute Gasteiger partial charge is 0.444 e. The van der Waals surface area contributed by atoms with Crippen LogP contribution in [0.1, 0.15) is 72.1 Å². The fourth-order valence-corrected chi connectivity index (χ4v) is 6.25. The van der Waals surface area contributed by atoms with Crippen molar-refractivity contribution in [3.63, 3.8) is 0 Å². The van der Waals surface area contributed by atoms with Crippen molar-refractivity contribution >= 4 is 33.6 Å². The third kappa shape index (κ3) is 5.54. The number of fused-ring (bicyclic) bond motifs is 3. The van der Waals surface area contributed by atoms with E-state index in [0.717, 1.165) is 43.0 Å². The maximum Gasteiger partial charge on any atom is 0.417 e. The number of anilines is 1. The minimum absolute atomic E-state index is 0.181. The summed E-state index contributed by atoms with van der Waals surface area (Å²) in [6.45, 7) is 5.86. The number of benzene rings is 1. The van der Waals surface area contributed by atoms with Crippen LogP contribution in [0.4, 0.5) is 23.7 Å². The number of amides is 2. The minimum Gasteiger partial charge on any atom is -0.444 e. The van der Waals surface area contributed by atoms with E-state index in [0.29, 0.717) is 12.2 Å². The van der Waals surface area contributed by atoms with Gasteiger partial charge in [-0.25, -0.2) is 4.79 Å². The predicted octanol–water partition coefficient (Wildman–Crippen LogP) is 6.10. The highest BCUT2D eigenvalue weighted by Gasteiger charge is 2.63. The van der Waals surface area contributed by atoms with Crippen molar-refractivity contribution in [2.45, 2.75) is 95.1 Å². The Morgan fingerprint density at radius 2 is 1.69 bits per heavy atom. The molecule has 6 nitrogen and oxygen atoms in total. The minimum atomic E-state index is -4.75. The van der Waals surface area contributed by atoms with Crippen molar-refractivity contribution in [3.05, 3.63) is 28.7 Å². The lowest BCUT2D eigenvalue weighted by atomic mass is 9.57. The molecule has 2 amide bonds. The highest BCUT2D eigenvalue weighted by Crippen LogP contribution is 2.54. The lowest BCUT2D eigenvalue weighted by Gasteiger charge is -2.55. The van der Waals surface area contributed by atoms with E-state index < -0.39 is 42.2 Å². The van der Waals surface area contributed by atoms with Gasteiger partial charge >= 0.3 is 12.3 Å². The first kappa shape index (κ1) is 27.2. The quantitative estimate of drug-likeness (QED) is 0.445. The topological polar surface area (TPSA) is 78.9 Å². The zero-order valence-electron chi connectivity index (χ0n) is 20.9. The van der Waals surface area contributed by atoms with Crippen LogP contribution in [-0.2, 0) is 9.53 Å². The highest BCUT2D eigenvalue weighted by molar-refractivity contribution is 9.10. The van der Waals surface area contributed by atoms with E-state index in [9.17, 15) is 27.9 Å². The number of nitrogens with one attached hydrogen (secondary N) is 1. The van der Waals surface area contributed by atoms with Crippen LogP contribution in [0.3, 0.4) is 0 Å². The van der Waals surface area contributed by atoms with Crippen molar-refractivity contribution in [2.24, 2.45) is 11.3 Å². The zero-order valence-corrected chi connectivity index (χ0v) is 22.5. The second kappa shape index (κ2) is 9.19. The number of rotatable bonds is 5. The van der Waals surface area contributed by atoms with Gasteiger partial charge in [-0.1, -0.05) is 22.0 Å². The van der Waals surface area contributed by atoms with Gasteiger partial charge in [0.25, 0.3) is 0 Å². The molecule has 0 aliphatic heterocycles. The van der Waals surface area contributed by atoms with E-state index >= 15 is 0 Å². The third-order valence-corrected chi connectivity index (χ3v) is 8.59. The van der Waals surface area contributed by atoms with Crippen LogP contribution in [0.2, 0.25) is 0 Å². The monoisotopic (exact) mass is 574 g/mol. The Labute approximate surface area is 218 Å². The van der Waals surface area contributed by atoms with Gasteiger partial charge in [-0.2, -0.15) is 13.2 Å². The van der Waals surface area contributed by atoms with Gasteiger partial charge < -0.3 is 20.1 Å². The van der Waals surface area contributed by atoms with E-state index in [-0.39, 0.29) is 16.9 Å². The molecule has 0 spiro atoms. The average Bonchev–Trinajstić information content (AvgIpc) is 2.74. The molecule has 4 aliphatic carbocycles. The summed E-state index contributed by atoms with van der Waals surface area (Å²) in [6, 6.07) is 7.20. The predicted molar refractivity (Wildman–Crippen MR) is 132 cm³/mol. The molecule has 0 aromatic heterocycles. The molecule has 2 N–H and O–H groups in total. The van der Waals surface area contributed by atoms with Crippen LogP contribution in [0.15, 0.2) is 28.7 Å². The van der Waals surface area contributed by atoms with Gasteiger partial charge in [0.1, 0.15) is 5.60 Å². The fraction of sp³-hybridized carbons (Fsp3) is 0.692. The molecular formula is C26H34BrF3N2O4. The number of hydrogen-bond acceptors (Lipinski definition) is 4. The van der Waals surface area contributed by atoms with Crippen LogP contribution in [-0.4, -0.2) is 46.6 Å². The van der Waals surface area contributed by atoms with Gasteiger partial charge in [0.05, 0.1) is 0 Å². The van der Waals surface area contributed by atoms with Crippen molar-refractivity contribution in [1.29, 1.82) is 0 Å². The third-order valence-electron chi connectivity index (χ3n) is 8.09. The van der Waals surface area contributed by atoms with Gasteiger partial charge in [0.2, 0.25) is 5.91 Å². The Hall–Kier alpha value is -1.81. The summed E-state index contributed by atoms with van der Waals surface area (Å²) in [5.41, 5.74) is -3.26. The molecule has 200 valence electrons. The van der Waals surface area contributed by atoms with Crippen molar-refractivity contribution < 1.29 is 32.6 Å². The molecule has 0 atom stereocenters. The molecule has 0 saturated heterocycles. The van der Waals surface area contributed by atoms with Gasteiger partial charge in [-0.15, -0.1) is 0 Å². The van der Waals surface area contributed by atoms with E-state index in [2.05, 4.69) is 21.2 Å². The number of nitrogens with zero attached hydrogens (tertiary/aromatic N) is 1. The molecule has 2 bridgehead atoms. The first-order valence-corrected chi connectivity index (χ1v) is 13.2. The van der Waals surface area contributed by atoms with E-state index in [1.807, 2.05) is 26.8 Å². The summed E-state index contributed by atoms with van der Waals surface area (Å²) in [4.78, 5) is 27.5. The smallest absolute Gasteiger partial charge is 0.417 e. The van der Waals surface area contributed by atoms with Crippen LogP contribution in [0.5, 0.6) is 0 Å². The Bertz CT molecular complexity index is 993. The van der Waals surface area contributed by atoms with Crippen LogP contribution < -0.4 is 10.2 Å². The number of carbonyl (C=O) groups excluding carboxylic acids is 2. The molecule has 36 heavy (non-hydrogen) atoms. The van der Waals surface area contributed by atoms with Gasteiger partial charge in [-0.3, -0.25) is 4.79 Å². The first-order valence-electron chi connectivity index (χ1n) is 12.4. The summed E-state index contributed by atoms with van der Waals surface area (Å²) in [5, 5.41) is 13.0. The highest BCUT2D eigenvalue weighted by atomic mass is 79.9.